The van der Waals surface area contributed by atoms with Crippen molar-refractivity contribution < 1.29 is 28.2 Å². The molecule has 3 aromatic heterocycles. The van der Waals surface area contributed by atoms with Gasteiger partial charge in [-0.05, 0) is 26.3 Å². The third kappa shape index (κ3) is 5.26. The molecule has 2 atom stereocenters. The number of anilines is 2. The Hall–Kier alpha value is -3.04. The van der Waals surface area contributed by atoms with Gasteiger partial charge in [0, 0.05) is 31.1 Å². The Morgan fingerprint density at radius 3 is 2.64 bits per heavy atom. The molecule has 11 nitrogen and oxygen atoms in total. The molecule has 1 saturated heterocycles. The Bertz CT molecular complexity index is 1370. The average Bonchev–Trinajstić information content (AvgIpc) is 3.59. The first-order valence-corrected chi connectivity index (χ1v) is 13.6. The van der Waals surface area contributed by atoms with Crippen LogP contribution in [-0.2, 0) is 30.5 Å². The zero-order valence-electron chi connectivity index (χ0n) is 21.9. The topological polar surface area (TPSA) is 133 Å². The van der Waals surface area contributed by atoms with E-state index in [2.05, 4.69) is 22.4 Å². The van der Waals surface area contributed by atoms with E-state index >= 15 is 0 Å². The third-order valence-electron chi connectivity index (χ3n) is 7.11. The third-order valence-corrected chi connectivity index (χ3v) is 8.20. The maximum Gasteiger partial charge on any atom is 0.451 e. The van der Waals surface area contributed by atoms with Crippen LogP contribution in [0.3, 0.4) is 0 Å². The van der Waals surface area contributed by atoms with Gasteiger partial charge in [0.2, 0.25) is 17.7 Å². The number of alkyl halides is 3. The molecule has 212 valence electrons. The van der Waals surface area contributed by atoms with E-state index in [0.29, 0.717) is 11.8 Å². The van der Waals surface area contributed by atoms with Gasteiger partial charge in [-0.25, -0.2) is 4.98 Å². The Labute approximate surface area is 226 Å². The fourth-order valence-corrected chi connectivity index (χ4v) is 5.89. The van der Waals surface area contributed by atoms with Crippen molar-refractivity contribution in [3.8, 4) is 0 Å². The molecule has 0 aromatic carbocycles. The Kier molecular flexibility index (Phi) is 7.18. The number of hydrogen-bond acceptors (Lipinski definition) is 10. The van der Waals surface area contributed by atoms with Gasteiger partial charge < -0.3 is 29.9 Å². The molecule has 39 heavy (non-hydrogen) atoms. The van der Waals surface area contributed by atoms with Gasteiger partial charge in [-0.15, -0.1) is 21.5 Å². The molecule has 1 fully saturated rings. The Morgan fingerprint density at radius 2 is 1.95 bits per heavy atom. The summed E-state index contributed by atoms with van der Waals surface area (Å²) in [5.41, 5.74) is -0.997. The summed E-state index contributed by atoms with van der Waals surface area (Å²) in [5.74, 6) is -0.222. The summed E-state index contributed by atoms with van der Waals surface area (Å²) in [6.45, 7) is 5.86. The zero-order chi connectivity index (χ0) is 28.1. The van der Waals surface area contributed by atoms with Gasteiger partial charge >= 0.3 is 6.18 Å². The summed E-state index contributed by atoms with van der Waals surface area (Å²) in [7, 11) is 0. The molecule has 5 rings (SSSR count). The number of halogens is 3. The second-order valence-electron chi connectivity index (χ2n) is 10.6. The minimum atomic E-state index is -4.58. The lowest BCUT2D eigenvalue weighted by Gasteiger charge is -2.30. The SMILES string of the molecule is CCCc1cc2c(N3CCn4c(nnc4C(F)(F)F)C3)nc(N3CC(O)C(NC(=O)C(C)(C)CO)C3)nc2s1. The van der Waals surface area contributed by atoms with Crippen LogP contribution in [-0.4, -0.2) is 79.2 Å². The predicted molar refractivity (Wildman–Crippen MR) is 139 cm³/mol. The summed E-state index contributed by atoms with van der Waals surface area (Å²) in [6, 6.07) is 1.45. The van der Waals surface area contributed by atoms with Gasteiger partial charge in [0.25, 0.3) is 0 Å². The number of nitrogens with zero attached hydrogens (tertiary/aromatic N) is 7. The zero-order valence-corrected chi connectivity index (χ0v) is 22.7. The van der Waals surface area contributed by atoms with Gasteiger partial charge in [0.1, 0.15) is 10.6 Å². The molecule has 0 saturated carbocycles. The summed E-state index contributed by atoms with van der Waals surface area (Å²) in [6.07, 6.45) is -3.66. The van der Waals surface area contributed by atoms with Crippen molar-refractivity contribution in [1.82, 2.24) is 30.0 Å². The number of fused-ring (bicyclic) bond motifs is 2. The van der Waals surface area contributed by atoms with E-state index in [9.17, 15) is 28.2 Å². The van der Waals surface area contributed by atoms with E-state index in [1.165, 1.54) is 11.3 Å². The molecule has 2 aliphatic rings. The number of β-amino-alcohol motifs (C(OH)–C–C–N with tert-alkyl or cyclic N) is 1. The number of aryl methyl sites for hydroxylation is 1. The van der Waals surface area contributed by atoms with Gasteiger partial charge in [-0.1, -0.05) is 13.3 Å². The van der Waals surface area contributed by atoms with E-state index in [-0.39, 0.29) is 51.1 Å². The Morgan fingerprint density at radius 1 is 1.18 bits per heavy atom. The number of amides is 1. The van der Waals surface area contributed by atoms with Gasteiger partial charge in [0.05, 0.1) is 36.1 Å². The summed E-state index contributed by atoms with van der Waals surface area (Å²) >= 11 is 1.54. The normalized spacial score (nSPS) is 20.1. The quantitative estimate of drug-likeness (QED) is 0.391. The molecule has 1 amide bonds. The highest BCUT2D eigenvalue weighted by Gasteiger charge is 2.40. The predicted octanol–water partition coefficient (Wildman–Crippen LogP) is 1.96. The number of carbonyl (C=O) groups excluding carboxylic acids is 1. The van der Waals surface area contributed by atoms with Crippen molar-refractivity contribution in [2.75, 3.05) is 36.0 Å². The van der Waals surface area contributed by atoms with E-state index in [1.807, 2.05) is 11.0 Å². The maximum absolute atomic E-state index is 13.3. The fraction of sp³-hybridized carbons (Fsp3) is 0.625. The first kappa shape index (κ1) is 27.5. The highest BCUT2D eigenvalue weighted by atomic mass is 32.1. The number of carbonyl (C=O) groups is 1. The van der Waals surface area contributed by atoms with Crippen molar-refractivity contribution in [3.63, 3.8) is 0 Å². The maximum atomic E-state index is 13.3. The molecular formula is C24H31F3N8O3S. The second-order valence-corrected chi connectivity index (χ2v) is 11.7. The highest BCUT2D eigenvalue weighted by molar-refractivity contribution is 7.18. The fourth-order valence-electron chi connectivity index (χ4n) is 4.77. The summed E-state index contributed by atoms with van der Waals surface area (Å²) in [4.78, 5) is 27.7. The van der Waals surface area contributed by atoms with Gasteiger partial charge in [0.15, 0.2) is 5.82 Å². The van der Waals surface area contributed by atoms with E-state index in [4.69, 9.17) is 9.97 Å². The molecule has 2 aliphatic heterocycles. The largest absolute Gasteiger partial charge is 0.451 e. The number of aromatic nitrogens is 5. The molecule has 3 N–H and O–H groups in total. The minimum Gasteiger partial charge on any atom is -0.395 e. The van der Waals surface area contributed by atoms with Crippen LogP contribution in [0, 0.1) is 5.41 Å². The van der Waals surface area contributed by atoms with Gasteiger partial charge in [-0.3, -0.25) is 4.79 Å². The van der Waals surface area contributed by atoms with E-state index < -0.39 is 29.6 Å². The second kappa shape index (κ2) is 10.2. The van der Waals surface area contributed by atoms with Crippen molar-refractivity contribution in [2.45, 2.75) is 65.0 Å². The van der Waals surface area contributed by atoms with Crippen LogP contribution in [0.2, 0.25) is 0 Å². The lowest BCUT2D eigenvalue weighted by Crippen LogP contribution is -2.49. The van der Waals surface area contributed by atoms with E-state index in [1.54, 1.807) is 18.7 Å². The molecule has 0 aliphatic carbocycles. The number of aliphatic hydroxyl groups excluding tert-OH is 2. The smallest absolute Gasteiger partial charge is 0.395 e. The molecule has 5 heterocycles. The molecule has 2 unspecified atom stereocenters. The standard InChI is InChI=1S/C24H31F3N8O3S/c1-4-5-13-8-14-18(33-6-7-35-17(11-33)31-32-20(35)24(25,26)27)29-22(30-19(14)39-13)34-9-15(16(37)10-34)28-21(38)23(2,3)12-36/h8,15-16,36-37H,4-7,9-12H2,1-3H3,(H,28,38). The van der Waals surface area contributed by atoms with Crippen LogP contribution >= 0.6 is 11.3 Å². The van der Waals surface area contributed by atoms with Crippen LogP contribution in [0.25, 0.3) is 10.2 Å². The molecule has 3 aromatic rings. The minimum absolute atomic E-state index is 0.0567. The first-order valence-electron chi connectivity index (χ1n) is 12.8. The Balaban J connectivity index is 1.46. The molecule has 0 spiro atoms. The van der Waals surface area contributed by atoms with Crippen LogP contribution in [0.4, 0.5) is 24.9 Å². The highest BCUT2D eigenvalue weighted by Crippen LogP contribution is 2.36. The van der Waals surface area contributed by atoms with Crippen molar-refractivity contribution in [3.05, 3.63) is 22.6 Å². The van der Waals surface area contributed by atoms with Crippen molar-refractivity contribution in [2.24, 2.45) is 5.41 Å². The summed E-state index contributed by atoms with van der Waals surface area (Å²) < 4.78 is 41.1. The van der Waals surface area contributed by atoms with Crippen LogP contribution in [0.5, 0.6) is 0 Å². The van der Waals surface area contributed by atoms with Crippen LogP contribution in [0.15, 0.2) is 6.07 Å². The number of hydrogen-bond donors (Lipinski definition) is 3. The molecule has 0 bridgehead atoms. The lowest BCUT2D eigenvalue weighted by molar-refractivity contribution is -0.147. The summed E-state index contributed by atoms with van der Waals surface area (Å²) in [5, 5.41) is 31.0. The molecular weight excluding hydrogens is 537 g/mol. The number of aliphatic hydroxyl groups is 2. The molecule has 15 heteroatoms. The van der Waals surface area contributed by atoms with Gasteiger partial charge in [-0.2, -0.15) is 18.2 Å². The lowest BCUT2D eigenvalue weighted by atomic mass is 9.93. The van der Waals surface area contributed by atoms with Crippen LogP contribution < -0.4 is 15.1 Å². The number of rotatable bonds is 7. The number of nitrogens with one attached hydrogen (secondary N) is 1. The van der Waals surface area contributed by atoms with E-state index in [0.717, 1.165) is 32.5 Å². The van der Waals surface area contributed by atoms with Crippen molar-refractivity contribution in [1.29, 1.82) is 0 Å². The monoisotopic (exact) mass is 568 g/mol. The molecule has 0 radical (unpaired) electrons. The number of thiophene rings is 1. The first-order chi connectivity index (χ1) is 18.4. The average molecular weight is 569 g/mol. The van der Waals surface area contributed by atoms with Crippen LogP contribution in [0.1, 0.15) is 43.7 Å². The van der Waals surface area contributed by atoms with Crippen molar-refractivity contribution >= 4 is 39.2 Å².